The average Bonchev–Trinajstić information content (AvgIpc) is 2.48. The maximum absolute atomic E-state index is 12.1. The second kappa shape index (κ2) is 9.71. The Balaban J connectivity index is 4.96. The second-order valence-corrected chi connectivity index (χ2v) is 6.27. The molecule has 0 aliphatic rings. The van der Waals surface area contributed by atoms with Crippen LogP contribution in [-0.2, 0) is 28.7 Å². The molecule has 14 heteroatoms. The lowest BCUT2D eigenvalue weighted by Gasteiger charge is -2.23. The fourth-order valence-corrected chi connectivity index (χ4v) is 1.49. The average molecular weight is 424 g/mol. The number of hydrogen-bond donors (Lipinski definition) is 2. The first-order valence-corrected chi connectivity index (χ1v) is 7.51. The number of hydroxylamine groups is 1. The fraction of sp³-hybridized carbons (Fsp3) is 0.714. The van der Waals surface area contributed by atoms with E-state index in [1.807, 2.05) is 0 Å². The Morgan fingerprint density at radius 2 is 1.46 bits per heavy atom. The number of rotatable bonds is 8. The van der Waals surface area contributed by atoms with E-state index in [1.165, 1.54) is 20.8 Å². The monoisotopic (exact) mass is 424 g/mol. The minimum atomic E-state index is -5.32. The van der Waals surface area contributed by atoms with Gasteiger partial charge in [-0.1, -0.05) is 0 Å². The van der Waals surface area contributed by atoms with Crippen LogP contribution in [0.25, 0.3) is 0 Å². The van der Waals surface area contributed by atoms with E-state index in [4.69, 9.17) is 10.1 Å². The van der Waals surface area contributed by atoms with Gasteiger partial charge in [0, 0.05) is 12.5 Å². The van der Waals surface area contributed by atoms with E-state index in [0.29, 0.717) is 0 Å². The van der Waals surface area contributed by atoms with E-state index >= 15 is 0 Å². The van der Waals surface area contributed by atoms with E-state index < -0.39 is 67.1 Å². The van der Waals surface area contributed by atoms with Crippen LogP contribution in [0.5, 0.6) is 0 Å². The largest absolute Gasteiger partial charge is 0.492 e. The van der Waals surface area contributed by atoms with Crippen LogP contribution in [0.4, 0.5) is 26.3 Å². The summed E-state index contributed by atoms with van der Waals surface area (Å²) in [6.45, 7) is 2.71. The minimum Gasteiger partial charge on any atom is -0.459 e. The molecule has 0 amide bonds. The van der Waals surface area contributed by atoms with Crippen molar-refractivity contribution in [3.05, 3.63) is 0 Å². The number of carbonyl (C=O) groups excluding carboxylic acids is 3. The van der Waals surface area contributed by atoms with Crippen LogP contribution in [0, 0.1) is 11.3 Å². The lowest BCUT2D eigenvalue weighted by molar-refractivity contribution is -0.207. The molecule has 0 fully saturated rings. The first kappa shape index (κ1) is 25.6. The molecule has 2 N–H and O–H groups in total. The third kappa shape index (κ3) is 10.1. The predicted molar refractivity (Wildman–Crippen MR) is 78.8 cm³/mol. The molecule has 0 unspecified atom stereocenters. The van der Waals surface area contributed by atoms with Crippen LogP contribution in [0.2, 0.25) is 0 Å². The Bertz CT molecular complexity index is 565. The van der Waals surface area contributed by atoms with Crippen molar-refractivity contribution in [1.29, 1.82) is 5.41 Å². The molecule has 0 spiro atoms. The minimum absolute atomic E-state index is 0.573. The predicted octanol–water partition coefficient (Wildman–Crippen LogP) is 2.07. The van der Waals surface area contributed by atoms with Crippen molar-refractivity contribution < 1.29 is 55.0 Å². The Hall–Kier alpha value is -2.38. The van der Waals surface area contributed by atoms with Gasteiger partial charge in [0.15, 0.2) is 0 Å². The van der Waals surface area contributed by atoms with Gasteiger partial charge >= 0.3 is 30.3 Å². The SMILES string of the molecule is CC(C)(C)OC(=O)C(=N)[C@@H](CCOC(=O)C(F)(F)F)CNOC(=O)C(F)(F)F. The first-order chi connectivity index (χ1) is 12.4. The van der Waals surface area contributed by atoms with Gasteiger partial charge in [-0.3, -0.25) is 5.41 Å². The van der Waals surface area contributed by atoms with Gasteiger partial charge in [0.25, 0.3) is 0 Å². The lowest BCUT2D eigenvalue weighted by Crippen LogP contribution is -2.39. The number of hydrogen-bond acceptors (Lipinski definition) is 8. The van der Waals surface area contributed by atoms with Gasteiger partial charge in [-0.2, -0.15) is 31.8 Å². The quantitative estimate of drug-likeness (QED) is 0.202. The molecule has 0 aromatic rings. The van der Waals surface area contributed by atoms with Gasteiger partial charge < -0.3 is 14.3 Å². The van der Waals surface area contributed by atoms with Crippen molar-refractivity contribution in [2.24, 2.45) is 5.92 Å². The van der Waals surface area contributed by atoms with Crippen molar-refractivity contribution in [3.8, 4) is 0 Å². The molecule has 1 atom stereocenters. The molecule has 0 heterocycles. The molecule has 0 aliphatic carbocycles. The molecular formula is C14H18F6N2O6. The normalized spacial score (nSPS) is 13.5. The molecule has 0 aromatic carbocycles. The number of halogens is 6. The van der Waals surface area contributed by atoms with Crippen molar-refractivity contribution >= 4 is 23.6 Å². The number of esters is 2. The Morgan fingerprint density at radius 1 is 0.964 bits per heavy atom. The number of ether oxygens (including phenoxy) is 2. The van der Waals surface area contributed by atoms with Crippen molar-refractivity contribution in [2.45, 2.75) is 45.1 Å². The first-order valence-electron chi connectivity index (χ1n) is 7.51. The van der Waals surface area contributed by atoms with E-state index in [1.54, 1.807) is 5.48 Å². The Labute approximate surface area is 154 Å². The second-order valence-electron chi connectivity index (χ2n) is 6.27. The third-order valence-corrected chi connectivity index (χ3v) is 2.68. The molecule has 0 radical (unpaired) electrons. The van der Waals surface area contributed by atoms with Gasteiger partial charge in [0.05, 0.1) is 6.61 Å². The summed E-state index contributed by atoms with van der Waals surface area (Å²) in [5.74, 6) is -7.73. The highest BCUT2D eigenvalue weighted by atomic mass is 19.4. The van der Waals surface area contributed by atoms with Gasteiger partial charge in [0.2, 0.25) is 0 Å². The zero-order valence-electron chi connectivity index (χ0n) is 14.9. The number of carbonyl (C=O) groups is 3. The third-order valence-electron chi connectivity index (χ3n) is 2.68. The summed E-state index contributed by atoms with van der Waals surface area (Å²) in [5, 5.41) is 7.71. The maximum Gasteiger partial charge on any atom is 0.492 e. The molecule has 0 rings (SSSR count). The van der Waals surface area contributed by atoms with Gasteiger partial charge in [-0.25, -0.2) is 14.4 Å². The highest BCUT2D eigenvalue weighted by molar-refractivity contribution is 6.36. The van der Waals surface area contributed by atoms with Gasteiger partial charge in [-0.15, -0.1) is 0 Å². The van der Waals surface area contributed by atoms with Crippen LogP contribution in [0.3, 0.4) is 0 Å². The van der Waals surface area contributed by atoms with E-state index in [2.05, 4.69) is 9.57 Å². The van der Waals surface area contributed by atoms with E-state index in [0.717, 1.165) is 0 Å². The molecule has 162 valence electrons. The van der Waals surface area contributed by atoms with Crippen LogP contribution in [0.15, 0.2) is 0 Å². The number of nitrogens with one attached hydrogen (secondary N) is 2. The fourth-order valence-electron chi connectivity index (χ4n) is 1.49. The topological polar surface area (TPSA) is 115 Å². The van der Waals surface area contributed by atoms with Gasteiger partial charge in [-0.05, 0) is 27.2 Å². The van der Waals surface area contributed by atoms with Crippen molar-refractivity contribution in [3.63, 3.8) is 0 Å². The molecule has 0 aliphatic heterocycles. The van der Waals surface area contributed by atoms with Crippen LogP contribution in [0.1, 0.15) is 27.2 Å². The molecule has 28 heavy (non-hydrogen) atoms. The lowest BCUT2D eigenvalue weighted by atomic mass is 9.99. The smallest absolute Gasteiger partial charge is 0.459 e. The molecule has 8 nitrogen and oxygen atoms in total. The van der Waals surface area contributed by atoms with E-state index in [-0.39, 0.29) is 0 Å². The maximum atomic E-state index is 12.1. The summed E-state index contributed by atoms with van der Waals surface area (Å²) in [6, 6.07) is 0. The van der Waals surface area contributed by atoms with Crippen molar-refractivity contribution in [1.82, 2.24) is 5.48 Å². The summed E-state index contributed by atoms with van der Waals surface area (Å²) in [6.07, 6.45) is -11.2. The van der Waals surface area contributed by atoms with E-state index in [9.17, 15) is 40.7 Å². The summed E-state index contributed by atoms with van der Waals surface area (Å²) in [7, 11) is 0. The van der Waals surface area contributed by atoms with Gasteiger partial charge in [0.1, 0.15) is 11.3 Å². The highest BCUT2D eigenvalue weighted by Crippen LogP contribution is 2.18. The molecular weight excluding hydrogens is 406 g/mol. The Morgan fingerprint density at radius 3 is 1.89 bits per heavy atom. The summed E-state index contributed by atoms with van der Waals surface area (Å²) >= 11 is 0. The standard InChI is InChI=1S/C14H18F6N2O6/c1-12(2,3)27-9(23)8(21)7(4-5-26-10(24)13(15,16)17)6-22-28-11(25)14(18,19)20/h7,21-22H,4-6H2,1-3H3/t7-/m0/s1. The molecule has 0 aromatic heterocycles. The summed E-state index contributed by atoms with van der Waals surface area (Å²) in [5.41, 5.74) is -0.296. The van der Waals surface area contributed by atoms with Crippen LogP contribution < -0.4 is 5.48 Å². The van der Waals surface area contributed by atoms with Crippen LogP contribution in [-0.4, -0.2) is 54.7 Å². The zero-order chi connectivity index (χ0) is 22.3. The molecule has 0 bridgehead atoms. The molecule has 0 saturated heterocycles. The van der Waals surface area contributed by atoms with Crippen molar-refractivity contribution in [2.75, 3.05) is 13.2 Å². The summed E-state index contributed by atoms with van der Waals surface area (Å²) in [4.78, 5) is 36.8. The van der Waals surface area contributed by atoms with Crippen LogP contribution >= 0.6 is 0 Å². The zero-order valence-corrected chi connectivity index (χ0v) is 14.9. The highest BCUT2D eigenvalue weighted by Gasteiger charge is 2.42. The number of alkyl halides is 6. The molecule has 0 saturated carbocycles. The summed E-state index contributed by atoms with van der Waals surface area (Å²) < 4.78 is 81.2. The Kier molecular flexibility index (Phi) is 8.88.